The van der Waals surface area contributed by atoms with E-state index in [0.717, 1.165) is 51.4 Å². The van der Waals surface area contributed by atoms with Crippen LogP contribution in [0.15, 0.2) is 11.6 Å². The molecule has 5 rings (SSSR count). The lowest BCUT2D eigenvalue weighted by Gasteiger charge is -2.58. The summed E-state index contributed by atoms with van der Waals surface area (Å²) >= 11 is 0. The zero-order valence-corrected chi connectivity index (χ0v) is 20.9. The highest BCUT2D eigenvalue weighted by Crippen LogP contribution is 2.66. The summed E-state index contributed by atoms with van der Waals surface area (Å²) in [4.78, 5) is 27.0. The van der Waals surface area contributed by atoms with E-state index in [4.69, 9.17) is 4.74 Å². The van der Waals surface area contributed by atoms with Crippen LogP contribution in [0.5, 0.6) is 0 Å². The van der Waals surface area contributed by atoms with Crippen molar-refractivity contribution in [2.45, 2.75) is 104 Å². The van der Waals surface area contributed by atoms with Gasteiger partial charge in [0.05, 0.1) is 6.10 Å². The van der Waals surface area contributed by atoms with E-state index in [9.17, 15) is 14.7 Å². The number of hydrogen-bond acceptors (Lipinski definition) is 4. The van der Waals surface area contributed by atoms with Crippen molar-refractivity contribution in [3.63, 3.8) is 0 Å². The Hall–Kier alpha value is -1.36. The van der Waals surface area contributed by atoms with Gasteiger partial charge in [-0.1, -0.05) is 25.5 Å². The quantitative estimate of drug-likeness (QED) is 0.365. The summed E-state index contributed by atoms with van der Waals surface area (Å²) in [5, 5.41) is 10.2. The zero-order chi connectivity index (χ0) is 23.4. The molecule has 184 valence electrons. The second kappa shape index (κ2) is 8.70. The number of piperidine rings is 1. The maximum Gasteiger partial charge on any atom is 0.397 e. The Bertz CT molecular complexity index is 817. The Labute approximate surface area is 199 Å². The molecule has 1 N–H and O–H groups in total. The largest absolute Gasteiger partial charge is 0.455 e. The molecule has 0 radical (unpaired) electrons. The van der Waals surface area contributed by atoms with Gasteiger partial charge < -0.3 is 14.7 Å². The lowest BCUT2D eigenvalue weighted by Crippen LogP contribution is -2.51. The molecule has 5 aliphatic rings. The van der Waals surface area contributed by atoms with Gasteiger partial charge in [0, 0.05) is 19.0 Å². The highest BCUT2D eigenvalue weighted by Gasteiger charge is 2.59. The van der Waals surface area contributed by atoms with Crippen LogP contribution in [0.4, 0.5) is 0 Å². The Morgan fingerprint density at radius 1 is 1.06 bits per heavy atom. The van der Waals surface area contributed by atoms with Crippen LogP contribution >= 0.6 is 0 Å². The number of allylic oxidation sites excluding steroid dienone is 1. The van der Waals surface area contributed by atoms with E-state index >= 15 is 0 Å². The standard InChI is InChI=1S/C28H43NO4/c1-18(33-26(32)25(31)29-15-5-4-6-16-29)22-9-10-23-21-8-7-19-17-20(30)11-13-27(19,2)24(21)12-14-28(22,23)3/h7,18,20-24,30H,4-6,8-17H2,1-3H3/t18?,20-,21-,22+,23-,24-,27-,28+/m0/s1. The Kier molecular flexibility index (Phi) is 6.16. The van der Waals surface area contributed by atoms with Gasteiger partial charge in [0.2, 0.25) is 0 Å². The van der Waals surface area contributed by atoms with E-state index in [1.165, 1.54) is 24.8 Å². The fourth-order valence-electron chi connectivity index (χ4n) is 8.98. The van der Waals surface area contributed by atoms with Crippen molar-refractivity contribution < 1.29 is 19.4 Å². The summed E-state index contributed by atoms with van der Waals surface area (Å²) in [5.74, 6) is 1.29. The highest BCUT2D eigenvalue weighted by molar-refractivity contribution is 6.32. The van der Waals surface area contributed by atoms with Crippen molar-refractivity contribution in [2.75, 3.05) is 13.1 Å². The van der Waals surface area contributed by atoms with Gasteiger partial charge in [-0.05, 0) is 106 Å². The first-order chi connectivity index (χ1) is 15.7. The zero-order valence-electron chi connectivity index (χ0n) is 20.9. The number of rotatable bonds is 2. The highest BCUT2D eigenvalue weighted by atomic mass is 16.5. The molecule has 4 aliphatic carbocycles. The van der Waals surface area contributed by atoms with Crippen LogP contribution in [0.2, 0.25) is 0 Å². The molecule has 0 spiro atoms. The number of likely N-dealkylation sites (tertiary alicyclic amines) is 1. The van der Waals surface area contributed by atoms with Crippen LogP contribution < -0.4 is 0 Å². The van der Waals surface area contributed by atoms with Crippen molar-refractivity contribution in [3.05, 3.63) is 11.6 Å². The van der Waals surface area contributed by atoms with Crippen LogP contribution in [-0.2, 0) is 14.3 Å². The van der Waals surface area contributed by atoms with Crippen LogP contribution in [0.3, 0.4) is 0 Å². The average Bonchev–Trinajstić information content (AvgIpc) is 3.17. The van der Waals surface area contributed by atoms with E-state index in [-0.39, 0.29) is 23.0 Å². The fraction of sp³-hybridized carbons (Fsp3) is 0.857. The SMILES string of the molecule is CC(OC(=O)C(=O)N1CCCCC1)[C@H]1CC[C@H]2[C@@H]3CC=C4C[C@@H](O)CC[C@]4(C)[C@H]3CC[C@]12C. The van der Waals surface area contributed by atoms with Crippen molar-refractivity contribution in [1.82, 2.24) is 4.90 Å². The Morgan fingerprint density at radius 2 is 1.82 bits per heavy atom. The minimum Gasteiger partial charge on any atom is -0.455 e. The van der Waals surface area contributed by atoms with Crippen molar-refractivity contribution >= 4 is 11.9 Å². The lowest BCUT2D eigenvalue weighted by molar-refractivity contribution is -0.168. The first kappa shape index (κ1) is 23.4. The predicted molar refractivity (Wildman–Crippen MR) is 127 cm³/mol. The number of nitrogens with zero attached hydrogens (tertiary/aromatic N) is 1. The summed E-state index contributed by atoms with van der Waals surface area (Å²) in [7, 11) is 0. The van der Waals surface area contributed by atoms with E-state index in [1.54, 1.807) is 4.90 Å². The lowest BCUT2D eigenvalue weighted by atomic mass is 9.47. The monoisotopic (exact) mass is 457 g/mol. The number of fused-ring (bicyclic) bond motifs is 5. The minimum atomic E-state index is -0.649. The maximum absolute atomic E-state index is 12.7. The van der Waals surface area contributed by atoms with Gasteiger partial charge >= 0.3 is 11.9 Å². The molecule has 1 amide bonds. The number of carbonyl (C=O) groups is 2. The molecule has 3 saturated carbocycles. The summed E-state index contributed by atoms with van der Waals surface area (Å²) in [6, 6.07) is 0. The molecular weight excluding hydrogens is 414 g/mol. The first-order valence-electron chi connectivity index (χ1n) is 13.6. The summed E-state index contributed by atoms with van der Waals surface area (Å²) in [6.45, 7) is 8.29. The summed E-state index contributed by atoms with van der Waals surface area (Å²) in [5.41, 5.74) is 1.94. The molecule has 0 aromatic heterocycles. The summed E-state index contributed by atoms with van der Waals surface area (Å²) in [6.07, 6.45) is 13.9. The average molecular weight is 458 g/mol. The van der Waals surface area contributed by atoms with E-state index in [0.29, 0.717) is 36.8 Å². The number of hydrogen-bond donors (Lipinski definition) is 1. The number of aliphatic hydroxyl groups is 1. The van der Waals surface area contributed by atoms with E-state index in [1.807, 2.05) is 6.92 Å². The number of amides is 1. The molecule has 0 bridgehead atoms. The molecule has 8 atom stereocenters. The van der Waals surface area contributed by atoms with Crippen LogP contribution in [0.1, 0.15) is 91.4 Å². The van der Waals surface area contributed by atoms with Gasteiger partial charge in [-0.2, -0.15) is 0 Å². The minimum absolute atomic E-state index is 0.159. The molecule has 1 saturated heterocycles. The van der Waals surface area contributed by atoms with Crippen molar-refractivity contribution in [1.29, 1.82) is 0 Å². The van der Waals surface area contributed by atoms with Gasteiger partial charge in [0.1, 0.15) is 6.10 Å². The van der Waals surface area contributed by atoms with Gasteiger partial charge in [-0.15, -0.1) is 0 Å². The Morgan fingerprint density at radius 3 is 2.58 bits per heavy atom. The van der Waals surface area contributed by atoms with Crippen molar-refractivity contribution in [2.24, 2.45) is 34.5 Å². The normalized spacial score (nSPS) is 43.6. The van der Waals surface area contributed by atoms with Crippen LogP contribution in [0, 0.1) is 34.5 Å². The molecule has 1 heterocycles. The second-order valence-corrected chi connectivity index (χ2v) is 12.3. The smallest absolute Gasteiger partial charge is 0.397 e. The third-order valence-electron chi connectivity index (χ3n) is 10.8. The maximum atomic E-state index is 12.7. The third-order valence-corrected chi connectivity index (χ3v) is 10.8. The molecule has 0 aromatic carbocycles. The van der Waals surface area contributed by atoms with E-state index in [2.05, 4.69) is 19.9 Å². The number of esters is 1. The second-order valence-electron chi connectivity index (χ2n) is 12.3. The number of aliphatic hydroxyl groups excluding tert-OH is 1. The number of ether oxygens (including phenoxy) is 1. The molecule has 1 unspecified atom stereocenters. The van der Waals surface area contributed by atoms with Gasteiger partial charge in [0.25, 0.3) is 0 Å². The van der Waals surface area contributed by atoms with Gasteiger partial charge in [0.15, 0.2) is 0 Å². The molecule has 33 heavy (non-hydrogen) atoms. The Balaban J connectivity index is 1.28. The predicted octanol–water partition coefficient (Wildman–Crippen LogP) is 4.87. The molecule has 0 aromatic rings. The molecule has 5 heteroatoms. The first-order valence-corrected chi connectivity index (χ1v) is 13.6. The molecule has 5 nitrogen and oxygen atoms in total. The van der Waals surface area contributed by atoms with Crippen molar-refractivity contribution in [3.8, 4) is 0 Å². The molecule has 4 fully saturated rings. The molecular formula is C28H43NO4. The van der Waals surface area contributed by atoms with E-state index < -0.39 is 11.9 Å². The number of carbonyl (C=O) groups excluding carboxylic acids is 2. The third kappa shape index (κ3) is 3.86. The van der Waals surface area contributed by atoms with Gasteiger partial charge in [-0.3, -0.25) is 4.79 Å². The molecule has 1 aliphatic heterocycles. The fourth-order valence-corrected chi connectivity index (χ4v) is 8.98. The van der Waals surface area contributed by atoms with Gasteiger partial charge in [-0.25, -0.2) is 4.79 Å². The summed E-state index contributed by atoms with van der Waals surface area (Å²) < 4.78 is 5.85. The van der Waals surface area contributed by atoms with Crippen LogP contribution in [-0.4, -0.2) is 47.2 Å². The van der Waals surface area contributed by atoms with Crippen LogP contribution in [0.25, 0.3) is 0 Å². The topological polar surface area (TPSA) is 66.8 Å².